The summed E-state index contributed by atoms with van der Waals surface area (Å²) in [5.74, 6) is -0.667. The summed E-state index contributed by atoms with van der Waals surface area (Å²) in [6.45, 7) is 1.76. The Morgan fingerprint density at radius 2 is 1.85 bits per heavy atom. The Bertz CT molecular complexity index is 988. The van der Waals surface area contributed by atoms with Gasteiger partial charge < -0.3 is 9.64 Å². The van der Waals surface area contributed by atoms with Crippen LogP contribution in [0.3, 0.4) is 0 Å². The molecule has 132 valence electrons. The average molecular weight is 369 g/mol. The fourth-order valence-electron chi connectivity index (χ4n) is 2.78. The molecule has 0 unspecified atom stereocenters. The van der Waals surface area contributed by atoms with E-state index in [0.717, 1.165) is 16.5 Å². The molecule has 0 fully saturated rings. The topological polar surface area (TPSA) is 59.5 Å². The van der Waals surface area contributed by atoms with Crippen LogP contribution in [-0.2, 0) is 16.1 Å². The monoisotopic (exact) mass is 368 g/mol. The van der Waals surface area contributed by atoms with E-state index in [1.165, 1.54) is 18.9 Å². The SMILES string of the molecule is COC(=O)c1ccccc1N(Cc1ccc2ccc(Cl)nc2c1)C(C)=O. The highest BCUT2D eigenvalue weighted by atomic mass is 35.5. The molecule has 0 N–H and O–H groups in total. The number of carbonyl (C=O) groups is 2. The van der Waals surface area contributed by atoms with Crippen molar-refractivity contribution in [1.82, 2.24) is 4.98 Å². The van der Waals surface area contributed by atoms with E-state index in [2.05, 4.69) is 4.98 Å². The number of ether oxygens (including phenoxy) is 1. The summed E-state index contributed by atoms with van der Waals surface area (Å²) in [7, 11) is 1.32. The molecule has 0 spiro atoms. The number of para-hydroxylation sites is 1. The van der Waals surface area contributed by atoms with Crippen LogP contribution in [0.2, 0.25) is 5.15 Å². The van der Waals surface area contributed by atoms with Crippen LogP contribution in [-0.4, -0.2) is 24.0 Å². The molecule has 1 aromatic heterocycles. The van der Waals surface area contributed by atoms with Crippen LogP contribution in [0.4, 0.5) is 5.69 Å². The van der Waals surface area contributed by atoms with Crippen molar-refractivity contribution in [1.29, 1.82) is 0 Å². The number of hydrogen-bond acceptors (Lipinski definition) is 4. The van der Waals surface area contributed by atoms with Crippen LogP contribution in [0.5, 0.6) is 0 Å². The van der Waals surface area contributed by atoms with Crippen LogP contribution >= 0.6 is 11.6 Å². The van der Waals surface area contributed by atoms with Gasteiger partial charge in [-0.1, -0.05) is 35.9 Å². The molecular formula is C20H17ClN2O3. The van der Waals surface area contributed by atoms with Gasteiger partial charge in [0.1, 0.15) is 5.15 Å². The molecule has 0 aliphatic rings. The molecule has 26 heavy (non-hydrogen) atoms. The predicted octanol–water partition coefficient (Wildman–Crippen LogP) is 4.23. The molecular weight excluding hydrogens is 352 g/mol. The molecule has 0 bridgehead atoms. The lowest BCUT2D eigenvalue weighted by Gasteiger charge is -2.23. The number of pyridine rings is 1. The maximum absolute atomic E-state index is 12.3. The van der Waals surface area contributed by atoms with Crippen molar-refractivity contribution in [3.63, 3.8) is 0 Å². The second kappa shape index (κ2) is 7.54. The molecule has 0 radical (unpaired) electrons. The lowest BCUT2D eigenvalue weighted by molar-refractivity contribution is -0.116. The van der Waals surface area contributed by atoms with Crippen LogP contribution in [0.25, 0.3) is 10.9 Å². The van der Waals surface area contributed by atoms with Crippen molar-refractivity contribution in [2.24, 2.45) is 0 Å². The molecule has 0 saturated carbocycles. The van der Waals surface area contributed by atoms with Crippen molar-refractivity contribution >= 4 is 40.1 Å². The third kappa shape index (κ3) is 3.68. The molecule has 2 aromatic carbocycles. The first-order chi connectivity index (χ1) is 12.5. The number of anilines is 1. The highest BCUT2D eigenvalue weighted by Crippen LogP contribution is 2.25. The van der Waals surface area contributed by atoms with Gasteiger partial charge in [0.2, 0.25) is 5.91 Å². The zero-order chi connectivity index (χ0) is 18.7. The van der Waals surface area contributed by atoms with Gasteiger partial charge in [-0.05, 0) is 35.9 Å². The van der Waals surface area contributed by atoms with Crippen molar-refractivity contribution in [3.05, 3.63) is 70.9 Å². The second-order valence-electron chi connectivity index (χ2n) is 5.77. The van der Waals surface area contributed by atoms with Crippen LogP contribution in [0, 0.1) is 0 Å². The van der Waals surface area contributed by atoms with E-state index in [-0.39, 0.29) is 5.91 Å². The van der Waals surface area contributed by atoms with Gasteiger partial charge in [0.05, 0.1) is 30.4 Å². The Morgan fingerprint density at radius 1 is 1.12 bits per heavy atom. The molecule has 3 rings (SSSR count). The normalized spacial score (nSPS) is 10.6. The Labute approximate surface area is 156 Å². The summed E-state index contributed by atoms with van der Waals surface area (Å²) < 4.78 is 4.83. The van der Waals surface area contributed by atoms with Gasteiger partial charge in [0.25, 0.3) is 0 Å². The Kier molecular flexibility index (Phi) is 5.19. The van der Waals surface area contributed by atoms with E-state index in [0.29, 0.717) is 22.9 Å². The summed E-state index contributed by atoms with van der Waals surface area (Å²) in [4.78, 5) is 30.2. The first kappa shape index (κ1) is 17.9. The molecule has 0 atom stereocenters. The number of halogens is 1. The summed E-state index contributed by atoms with van der Waals surface area (Å²) in [5, 5.41) is 1.37. The Balaban J connectivity index is 2.00. The predicted molar refractivity (Wildman–Crippen MR) is 101 cm³/mol. The van der Waals surface area contributed by atoms with Crippen LogP contribution in [0.15, 0.2) is 54.6 Å². The lowest BCUT2D eigenvalue weighted by atomic mass is 10.1. The van der Waals surface area contributed by atoms with Crippen molar-refractivity contribution < 1.29 is 14.3 Å². The number of amides is 1. The Morgan fingerprint density at radius 3 is 2.58 bits per heavy atom. The number of carbonyl (C=O) groups excluding carboxylic acids is 2. The largest absolute Gasteiger partial charge is 0.465 e. The van der Waals surface area contributed by atoms with E-state index in [1.807, 2.05) is 24.3 Å². The van der Waals surface area contributed by atoms with Gasteiger partial charge in [-0.2, -0.15) is 0 Å². The number of aromatic nitrogens is 1. The van der Waals surface area contributed by atoms with Gasteiger partial charge in [-0.3, -0.25) is 4.79 Å². The van der Waals surface area contributed by atoms with E-state index < -0.39 is 5.97 Å². The van der Waals surface area contributed by atoms with E-state index in [4.69, 9.17) is 16.3 Å². The molecule has 0 saturated heterocycles. The van der Waals surface area contributed by atoms with Crippen molar-refractivity contribution in [3.8, 4) is 0 Å². The molecule has 1 heterocycles. The van der Waals surface area contributed by atoms with Gasteiger partial charge in [0, 0.05) is 12.3 Å². The molecule has 5 nitrogen and oxygen atoms in total. The fraction of sp³-hybridized carbons (Fsp3) is 0.150. The van der Waals surface area contributed by atoms with Gasteiger partial charge in [0.15, 0.2) is 0 Å². The number of hydrogen-bond donors (Lipinski definition) is 0. The highest BCUT2D eigenvalue weighted by Gasteiger charge is 2.20. The average Bonchev–Trinajstić information content (AvgIpc) is 2.65. The smallest absolute Gasteiger partial charge is 0.339 e. The highest BCUT2D eigenvalue weighted by molar-refractivity contribution is 6.29. The summed E-state index contributed by atoms with van der Waals surface area (Å²) >= 11 is 5.97. The third-order valence-corrected chi connectivity index (χ3v) is 4.25. The first-order valence-corrected chi connectivity index (χ1v) is 8.38. The molecule has 1 amide bonds. The summed E-state index contributed by atoms with van der Waals surface area (Å²) in [5.41, 5.74) is 2.47. The number of fused-ring (bicyclic) bond motifs is 1. The molecule has 0 aliphatic carbocycles. The quantitative estimate of drug-likeness (QED) is 0.511. The Hall–Kier alpha value is -2.92. The van der Waals surface area contributed by atoms with Crippen LogP contribution < -0.4 is 4.90 Å². The number of methoxy groups -OCH3 is 1. The van der Waals surface area contributed by atoms with Crippen molar-refractivity contribution in [2.75, 3.05) is 12.0 Å². The summed E-state index contributed by atoms with van der Waals surface area (Å²) in [6, 6.07) is 16.2. The second-order valence-corrected chi connectivity index (χ2v) is 6.16. The number of esters is 1. The molecule has 3 aromatic rings. The number of rotatable bonds is 4. The number of benzene rings is 2. The van der Waals surface area contributed by atoms with Gasteiger partial charge in [-0.25, -0.2) is 9.78 Å². The van der Waals surface area contributed by atoms with Crippen molar-refractivity contribution in [2.45, 2.75) is 13.5 Å². The van der Waals surface area contributed by atoms with E-state index >= 15 is 0 Å². The van der Waals surface area contributed by atoms with E-state index in [9.17, 15) is 9.59 Å². The standard InChI is InChI=1S/C20H17ClN2O3/c1-13(24)23(18-6-4-3-5-16(18)20(25)26-2)12-14-7-8-15-9-10-19(21)22-17(15)11-14/h3-11H,12H2,1-2H3. The zero-order valence-corrected chi connectivity index (χ0v) is 15.2. The number of nitrogens with zero attached hydrogens (tertiary/aromatic N) is 2. The molecule has 0 aliphatic heterocycles. The lowest BCUT2D eigenvalue weighted by Crippen LogP contribution is -2.29. The van der Waals surface area contributed by atoms with Gasteiger partial charge in [-0.15, -0.1) is 0 Å². The summed E-state index contributed by atoms with van der Waals surface area (Å²) in [6.07, 6.45) is 0. The minimum absolute atomic E-state index is 0.180. The first-order valence-electron chi connectivity index (χ1n) is 8.00. The zero-order valence-electron chi connectivity index (χ0n) is 14.4. The fourth-order valence-corrected chi connectivity index (χ4v) is 2.93. The van der Waals surface area contributed by atoms with E-state index in [1.54, 1.807) is 30.3 Å². The minimum atomic E-state index is -0.487. The molecule has 6 heteroatoms. The maximum atomic E-state index is 12.3. The van der Waals surface area contributed by atoms with Gasteiger partial charge >= 0.3 is 5.97 Å². The minimum Gasteiger partial charge on any atom is -0.465 e. The van der Waals surface area contributed by atoms with Crippen LogP contribution in [0.1, 0.15) is 22.8 Å². The third-order valence-electron chi connectivity index (χ3n) is 4.04. The maximum Gasteiger partial charge on any atom is 0.339 e.